The molecule has 1 rings (SSSR count). The Bertz CT molecular complexity index is 159. The number of nitrogens with zero attached hydrogens (tertiary/aromatic N) is 2. The van der Waals surface area contributed by atoms with Gasteiger partial charge in [-0.1, -0.05) is 6.92 Å². The van der Waals surface area contributed by atoms with Crippen LogP contribution in [0.15, 0.2) is 0 Å². The molecule has 0 aliphatic carbocycles. The van der Waals surface area contributed by atoms with Gasteiger partial charge in [-0.2, -0.15) is 0 Å². The summed E-state index contributed by atoms with van der Waals surface area (Å²) in [7, 11) is 0. The Hall–Kier alpha value is -0.120. The van der Waals surface area contributed by atoms with E-state index in [1.165, 1.54) is 0 Å². The molecule has 0 bridgehead atoms. The normalized spacial score (nSPS) is 24.9. The molecule has 1 aliphatic rings. The van der Waals surface area contributed by atoms with Crippen LogP contribution in [-0.4, -0.2) is 59.8 Å². The third-order valence-electron chi connectivity index (χ3n) is 2.95. The molecule has 78 valence electrons. The Morgan fingerprint density at radius 3 is 2.46 bits per heavy atom. The Morgan fingerprint density at radius 2 is 2.00 bits per heavy atom. The number of aliphatic hydroxyl groups excluding tert-OH is 1. The van der Waals surface area contributed by atoms with Crippen LogP contribution in [0.3, 0.4) is 0 Å². The second-order valence-corrected chi connectivity index (χ2v) is 4.39. The molecule has 0 aromatic heterocycles. The third-order valence-corrected chi connectivity index (χ3v) is 2.95. The fraction of sp³-hybridized carbons (Fsp3) is 1.00. The van der Waals surface area contributed by atoms with Crippen molar-refractivity contribution in [2.24, 2.45) is 0 Å². The SMILES string of the molecule is CCN1CCN(CCO)CC1(C)C. The molecule has 0 radical (unpaired) electrons. The largest absolute Gasteiger partial charge is 0.395 e. The van der Waals surface area contributed by atoms with Crippen molar-refractivity contribution in [2.75, 3.05) is 39.3 Å². The predicted octanol–water partition coefficient (Wildman–Crippen LogP) is 0.395. The first-order valence-corrected chi connectivity index (χ1v) is 5.18. The number of aliphatic hydroxyl groups is 1. The van der Waals surface area contributed by atoms with Crippen LogP contribution in [0, 0.1) is 0 Å². The van der Waals surface area contributed by atoms with E-state index in [-0.39, 0.29) is 12.1 Å². The lowest BCUT2D eigenvalue weighted by Crippen LogP contribution is -2.59. The Balaban J connectivity index is 2.48. The smallest absolute Gasteiger partial charge is 0.0558 e. The van der Waals surface area contributed by atoms with E-state index in [4.69, 9.17) is 5.11 Å². The van der Waals surface area contributed by atoms with Gasteiger partial charge in [0.15, 0.2) is 0 Å². The average Bonchev–Trinajstić information content (AvgIpc) is 2.03. The summed E-state index contributed by atoms with van der Waals surface area (Å²) < 4.78 is 0. The Labute approximate surface area is 81.3 Å². The van der Waals surface area contributed by atoms with E-state index >= 15 is 0 Å². The maximum Gasteiger partial charge on any atom is 0.0558 e. The van der Waals surface area contributed by atoms with Gasteiger partial charge in [-0.15, -0.1) is 0 Å². The maximum absolute atomic E-state index is 8.86. The molecule has 1 heterocycles. The summed E-state index contributed by atoms with van der Waals surface area (Å²) in [6.07, 6.45) is 0. The molecule has 1 aliphatic heterocycles. The lowest BCUT2D eigenvalue weighted by molar-refractivity contribution is 0.0172. The van der Waals surface area contributed by atoms with Crippen LogP contribution in [0.5, 0.6) is 0 Å². The van der Waals surface area contributed by atoms with Gasteiger partial charge in [0.1, 0.15) is 0 Å². The molecule has 0 unspecified atom stereocenters. The highest BCUT2D eigenvalue weighted by atomic mass is 16.3. The average molecular weight is 186 g/mol. The van der Waals surface area contributed by atoms with Crippen LogP contribution in [0.4, 0.5) is 0 Å². The minimum atomic E-state index is 0.266. The van der Waals surface area contributed by atoms with Gasteiger partial charge in [0.2, 0.25) is 0 Å². The lowest BCUT2D eigenvalue weighted by atomic mass is 9.99. The van der Waals surface area contributed by atoms with Gasteiger partial charge in [0.05, 0.1) is 6.61 Å². The van der Waals surface area contributed by atoms with E-state index < -0.39 is 0 Å². The molecule has 3 heteroatoms. The summed E-state index contributed by atoms with van der Waals surface area (Å²) in [5, 5.41) is 8.86. The fourth-order valence-electron chi connectivity index (χ4n) is 2.21. The number of hydrogen-bond acceptors (Lipinski definition) is 3. The van der Waals surface area contributed by atoms with Crippen LogP contribution < -0.4 is 0 Å². The summed E-state index contributed by atoms with van der Waals surface area (Å²) in [6, 6.07) is 0. The van der Waals surface area contributed by atoms with E-state index in [9.17, 15) is 0 Å². The molecule has 13 heavy (non-hydrogen) atoms. The van der Waals surface area contributed by atoms with E-state index in [1.54, 1.807) is 0 Å². The highest BCUT2D eigenvalue weighted by Gasteiger charge is 2.31. The number of rotatable bonds is 3. The van der Waals surface area contributed by atoms with Gasteiger partial charge >= 0.3 is 0 Å². The Morgan fingerprint density at radius 1 is 1.31 bits per heavy atom. The van der Waals surface area contributed by atoms with Gasteiger partial charge in [-0.05, 0) is 20.4 Å². The van der Waals surface area contributed by atoms with Crippen molar-refractivity contribution in [3.05, 3.63) is 0 Å². The second-order valence-electron chi connectivity index (χ2n) is 4.39. The third kappa shape index (κ3) is 2.66. The van der Waals surface area contributed by atoms with Gasteiger partial charge in [0.25, 0.3) is 0 Å². The molecule has 0 atom stereocenters. The first kappa shape index (κ1) is 11.0. The molecule has 0 saturated carbocycles. The quantitative estimate of drug-likeness (QED) is 0.691. The standard InChI is InChI=1S/C10H22N2O/c1-4-12-6-5-11(7-8-13)9-10(12,2)3/h13H,4-9H2,1-3H3. The Kier molecular flexibility index (Phi) is 3.71. The molecule has 0 aromatic rings. The van der Waals surface area contributed by atoms with Gasteiger partial charge in [-0.3, -0.25) is 9.80 Å². The summed E-state index contributed by atoms with van der Waals surface area (Å²) in [4.78, 5) is 4.84. The monoisotopic (exact) mass is 186 g/mol. The molecule has 1 N–H and O–H groups in total. The van der Waals surface area contributed by atoms with Crippen molar-refractivity contribution >= 4 is 0 Å². The fourth-order valence-corrected chi connectivity index (χ4v) is 2.21. The topological polar surface area (TPSA) is 26.7 Å². The van der Waals surface area contributed by atoms with E-state index in [1.807, 2.05) is 0 Å². The number of piperazine rings is 1. The summed E-state index contributed by atoms with van der Waals surface area (Å²) >= 11 is 0. The highest BCUT2D eigenvalue weighted by molar-refractivity contribution is 4.89. The molecule has 3 nitrogen and oxygen atoms in total. The molecular weight excluding hydrogens is 164 g/mol. The predicted molar refractivity (Wildman–Crippen MR) is 54.9 cm³/mol. The van der Waals surface area contributed by atoms with Crippen molar-refractivity contribution < 1.29 is 5.11 Å². The van der Waals surface area contributed by atoms with Crippen molar-refractivity contribution in [2.45, 2.75) is 26.3 Å². The number of hydrogen-bond donors (Lipinski definition) is 1. The van der Waals surface area contributed by atoms with Crippen molar-refractivity contribution in [1.29, 1.82) is 0 Å². The maximum atomic E-state index is 8.86. The number of likely N-dealkylation sites (N-methyl/N-ethyl adjacent to an activating group) is 1. The first-order chi connectivity index (χ1) is 6.10. The first-order valence-electron chi connectivity index (χ1n) is 5.18. The minimum absolute atomic E-state index is 0.266. The minimum Gasteiger partial charge on any atom is -0.395 e. The van der Waals surface area contributed by atoms with Crippen molar-refractivity contribution in [3.8, 4) is 0 Å². The van der Waals surface area contributed by atoms with Crippen molar-refractivity contribution in [1.82, 2.24) is 9.80 Å². The highest BCUT2D eigenvalue weighted by Crippen LogP contribution is 2.19. The zero-order chi connectivity index (χ0) is 9.90. The van der Waals surface area contributed by atoms with Gasteiger partial charge in [0, 0.05) is 31.7 Å². The molecule has 0 amide bonds. The molecule has 1 fully saturated rings. The molecule has 1 saturated heterocycles. The summed E-state index contributed by atoms with van der Waals surface area (Å²) in [5.74, 6) is 0. The lowest BCUT2D eigenvalue weighted by Gasteiger charge is -2.46. The van der Waals surface area contributed by atoms with Gasteiger partial charge in [-0.25, -0.2) is 0 Å². The number of β-amino-alcohol motifs (C(OH)–C–C–N with tert-alkyl or cyclic N) is 1. The van der Waals surface area contributed by atoms with Crippen molar-refractivity contribution in [3.63, 3.8) is 0 Å². The molecular formula is C10H22N2O. The summed E-state index contributed by atoms with van der Waals surface area (Å²) in [6.45, 7) is 12.3. The van der Waals surface area contributed by atoms with E-state index in [0.29, 0.717) is 0 Å². The zero-order valence-corrected chi connectivity index (χ0v) is 9.08. The van der Waals surface area contributed by atoms with Crippen LogP contribution in [0.25, 0.3) is 0 Å². The van der Waals surface area contributed by atoms with Crippen LogP contribution >= 0.6 is 0 Å². The van der Waals surface area contributed by atoms with E-state index in [0.717, 1.165) is 32.7 Å². The summed E-state index contributed by atoms with van der Waals surface area (Å²) in [5.41, 5.74) is 0.266. The van der Waals surface area contributed by atoms with E-state index in [2.05, 4.69) is 30.6 Å². The van der Waals surface area contributed by atoms with Gasteiger partial charge < -0.3 is 5.11 Å². The zero-order valence-electron chi connectivity index (χ0n) is 9.08. The molecule has 0 aromatic carbocycles. The van der Waals surface area contributed by atoms with Crippen LogP contribution in [-0.2, 0) is 0 Å². The molecule has 0 spiro atoms. The second kappa shape index (κ2) is 4.40. The van der Waals surface area contributed by atoms with Crippen LogP contribution in [0.1, 0.15) is 20.8 Å². The van der Waals surface area contributed by atoms with Crippen LogP contribution in [0.2, 0.25) is 0 Å².